The van der Waals surface area contributed by atoms with Crippen LogP contribution in [0.2, 0.25) is 0 Å². The molecule has 1 saturated carbocycles. The molecule has 2 unspecified atom stereocenters. The Bertz CT molecular complexity index is 736. The molecule has 5 heteroatoms. The van der Waals surface area contributed by atoms with Crippen LogP contribution in [0.3, 0.4) is 0 Å². The molecule has 2 saturated heterocycles. The van der Waals surface area contributed by atoms with Gasteiger partial charge in [0.15, 0.2) is 5.60 Å². The van der Waals surface area contributed by atoms with E-state index in [1.54, 1.807) is 6.08 Å². The van der Waals surface area contributed by atoms with Gasteiger partial charge in [-0.05, 0) is 24.8 Å². The molecule has 5 aliphatic rings. The van der Waals surface area contributed by atoms with Crippen LogP contribution in [0.15, 0.2) is 23.8 Å². The van der Waals surface area contributed by atoms with Crippen molar-refractivity contribution in [2.45, 2.75) is 58.0 Å². The third kappa shape index (κ3) is 1.35. The molecule has 5 rings (SSSR count). The molecule has 3 aliphatic heterocycles. The third-order valence-electron chi connectivity index (χ3n) is 6.91. The maximum absolute atomic E-state index is 12.6. The number of rotatable bonds is 1. The number of cyclic esters (lactones) is 1. The average Bonchev–Trinajstić information content (AvgIpc) is 3.16. The minimum absolute atomic E-state index is 0.00640. The lowest BCUT2D eigenvalue weighted by molar-refractivity contribution is -0.153. The Morgan fingerprint density at radius 1 is 1.21 bits per heavy atom. The van der Waals surface area contributed by atoms with Crippen LogP contribution in [0.5, 0.6) is 0 Å². The molecule has 2 aliphatic carbocycles. The van der Waals surface area contributed by atoms with Gasteiger partial charge in [-0.2, -0.15) is 0 Å². The highest BCUT2D eigenvalue weighted by atomic mass is 16.7. The van der Waals surface area contributed by atoms with Gasteiger partial charge in [0.25, 0.3) is 0 Å². The fraction of sp³-hybridized carbons (Fsp3) is 0.684. The van der Waals surface area contributed by atoms with E-state index >= 15 is 0 Å². The number of ether oxygens (including phenoxy) is 3. The average molecular weight is 330 g/mol. The summed E-state index contributed by atoms with van der Waals surface area (Å²) < 4.78 is 17.7. The van der Waals surface area contributed by atoms with Crippen LogP contribution in [0.25, 0.3) is 0 Å². The van der Waals surface area contributed by atoms with Crippen molar-refractivity contribution in [3.8, 4) is 0 Å². The van der Waals surface area contributed by atoms with Crippen molar-refractivity contribution in [2.24, 2.45) is 22.7 Å². The molecule has 0 aromatic rings. The Balaban J connectivity index is 1.74. The summed E-state index contributed by atoms with van der Waals surface area (Å²) in [7, 11) is 0. The Hall–Kier alpha value is -1.62. The summed E-state index contributed by atoms with van der Waals surface area (Å²) in [6, 6.07) is 0. The lowest BCUT2D eigenvalue weighted by Crippen LogP contribution is -2.59. The van der Waals surface area contributed by atoms with Crippen LogP contribution in [-0.2, 0) is 23.8 Å². The Labute approximate surface area is 141 Å². The SMILES string of the molecule is CC(C)[C@H]1OC(=O)C=C2C3(C)CC=C[C@@]4(C)C(=O)O[C@H]([C@H]5OC215)[C@H]34. The van der Waals surface area contributed by atoms with Crippen LogP contribution in [-0.4, -0.2) is 35.9 Å². The zero-order valence-electron chi connectivity index (χ0n) is 14.4. The van der Waals surface area contributed by atoms with Crippen LogP contribution in [0, 0.1) is 22.7 Å². The number of hydrogen-bond donors (Lipinski definition) is 0. The van der Waals surface area contributed by atoms with E-state index in [0.717, 1.165) is 12.0 Å². The predicted octanol–water partition coefficient (Wildman–Crippen LogP) is 2.16. The summed E-state index contributed by atoms with van der Waals surface area (Å²) in [5, 5.41) is 0. The van der Waals surface area contributed by atoms with E-state index in [1.807, 2.05) is 26.8 Å². The molecule has 0 aromatic heterocycles. The number of carbonyl (C=O) groups excluding carboxylic acids is 2. The molecule has 0 N–H and O–H groups in total. The first-order valence-electron chi connectivity index (χ1n) is 8.75. The normalized spacial score (nSPS) is 53.6. The maximum Gasteiger partial charge on any atom is 0.331 e. The highest BCUT2D eigenvalue weighted by Crippen LogP contribution is 2.71. The van der Waals surface area contributed by atoms with E-state index in [0.29, 0.717) is 0 Å². The molecule has 0 aromatic carbocycles. The van der Waals surface area contributed by atoms with Crippen LogP contribution >= 0.6 is 0 Å². The number of esters is 2. The van der Waals surface area contributed by atoms with E-state index in [1.165, 1.54) is 0 Å². The molecule has 0 bridgehead atoms. The summed E-state index contributed by atoms with van der Waals surface area (Å²) in [6.07, 6.45) is 5.64. The van der Waals surface area contributed by atoms with Gasteiger partial charge in [0, 0.05) is 17.4 Å². The third-order valence-corrected chi connectivity index (χ3v) is 6.91. The zero-order valence-corrected chi connectivity index (χ0v) is 14.4. The summed E-state index contributed by atoms with van der Waals surface area (Å²) in [6.45, 7) is 8.17. The molecule has 0 radical (unpaired) electrons. The molecule has 1 spiro atoms. The molecular weight excluding hydrogens is 308 g/mol. The number of fused-ring (bicyclic) bond motifs is 2. The summed E-state index contributed by atoms with van der Waals surface area (Å²) in [5.74, 6) is -0.360. The van der Waals surface area contributed by atoms with E-state index in [2.05, 4.69) is 13.0 Å². The fourth-order valence-corrected chi connectivity index (χ4v) is 5.98. The van der Waals surface area contributed by atoms with Crippen molar-refractivity contribution >= 4 is 11.9 Å². The highest BCUT2D eigenvalue weighted by molar-refractivity contribution is 5.87. The Morgan fingerprint density at radius 3 is 2.67 bits per heavy atom. The molecular formula is C19H22O5. The van der Waals surface area contributed by atoms with Gasteiger partial charge in [-0.25, -0.2) is 4.79 Å². The van der Waals surface area contributed by atoms with Crippen LogP contribution in [0.4, 0.5) is 0 Å². The van der Waals surface area contributed by atoms with Gasteiger partial charge in [0.2, 0.25) is 0 Å². The second kappa shape index (κ2) is 3.96. The molecule has 3 fully saturated rings. The Kier molecular flexibility index (Phi) is 2.42. The standard InChI is InChI=1S/C19H22O5/c1-9(2)14-19-10(8-11(20)22-14)17(3)6-5-7-18(4)13(17)12(15(19)24-19)23-16(18)21/h5,7-9,12-15H,6H2,1-4H3/t12-,13+,14+,15+,17?,18+,19?/m0/s1. The molecule has 24 heavy (non-hydrogen) atoms. The van der Waals surface area contributed by atoms with Crippen molar-refractivity contribution in [3.63, 3.8) is 0 Å². The number of allylic oxidation sites excluding steroid dienone is 1. The van der Waals surface area contributed by atoms with Gasteiger partial charge in [-0.15, -0.1) is 0 Å². The van der Waals surface area contributed by atoms with E-state index in [4.69, 9.17) is 14.2 Å². The smallest absolute Gasteiger partial charge is 0.331 e. The molecule has 3 heterocycles. The first-order valence-corrected chi connectivity index (χ1v) is 8.75. The minimum Gasteiger partial charge on any atom is -0.458 e. The largest absolute Gasteiger partial charge is 0.458 e. The highest BCUT2D eigenvalue weighted by Gasteiger charge is 2.82. The number of carbonyl (C=O) groups is 2. The quantitative estimate of drug-likeness (QED) is 0.419. The van der Waals surface area contributed by atoms with Gasteiger partial charge < -0.3 is 14.2 Å². The van der Waals surface area contributed by atoms with Crippen molar-refractivity contribution in [1.82, 2.24) is 0 Å². The Morgan fingerprint density at radius 2 is 1.96 bits per heavy atom. The lowest BCUT2D eigenvalue weighted by Gasteiger charge is -2.52. The van der Waals surface area contributed by atoms with Crippen molar-refractivity contribution in [1.29, 1.82) is 0 Å². The van der Waals surface area contributed by atoms with Crippen molar-refractivity contribution in [2.75, 3.05) is 0 Å². The zero-order chi connectivity index (χ0) is 17.1. The molecule has 5 nitrogen and oxygen atoms in total. The van der Waals surface area contributed by atoms with E-state index in [-0.39, 0.29) is 47.5 Å². The molecule has 7 atom stereocenters. The summed E-state index contributed by atoms with van der Waals surface area (Å²) in [5.41, 5.74) is -0.593. The first-order chi connectivity index (χ1) is 11.2. The molecule has 0 amide bonds. The minimum atomic E-state index is -0.648. The topological polar surface area (TPSA) is 65.1 Å². The first kappa shape index (κ1) is 14.7. The second-order valence-corrected chi connectivity index (χ2v) is 8.65. The fourth-order valence-electron chi connectivity index (χ4n) is 5.98. The van der Waals surface area contributed by atoms with Gasteiger partial charge in [0.1, 0.15) is 18.3 Å². The lowest BCUT2D eigenvalue weighted by atomic mass is 9.49. The van der Waals surface area contributed by atoms with Crippen molar-refractivity contribution in [3.05, 3.63) is 23.8 Å². The van der Waals surface area contributed by atoms with Crippen molar-refractivity contribution < 1.29 is 23.8 Å². The maximum atomic E-state index is 12.6. The van der Waals surface area contributed by atoms with Gasteiger partial charge in [-0.3, -0.25) is 4.79 Å². The van der Waals surface area contributed by atoms with E-state index in [9.17, 15) is 9.59 Å². The van der Waals surface area contributed by atoms with Crippen LogP contribution in [0.1, 0.15) is 34.1 Å². The number of hydrogen-bond acceptors (Lipinski definition) is 5. The van der Waals surface area contributed by atoms with Gasteiger partial charge in [-0.1, -0.05) is 32.9 Å². The van der Waals surface area contributed by atoms with Crippen LogP contribution < -0.4 is 0 Å². The van der Waals surface area contributed by atoms with Gasteiger partial charge in [0.05, 0.1) is 5.41 Å². The molecule has 128 valence electrons. The van der Waals surface area contributed by atoms with Gasteiger partial charge >= 0.3 is 11.9 Å². The predicted molar refractivity (Wildman–Crippen MR) is 83.7 cm³/mol. The van der Waals surface area contributed by atoms with E-state index < -0.39 is 11.0 Å². The second-order valence-electron chi connectivity index (χ2n) is 8.65. The number of epoxide rings is 1. The summed E-state index contributed by atoms with van der Waals surface area (Å²) in [4.78, 5) is 24.9. The summed E-state index contributed by atoms with van der Waals surface area (Å²) >= 11 is 0. The monoisotopic (exact) mass is 330 g/mol.